The van der Waals surface area contributed by atoms with Gasteiger partial charge in [-0.25, -0.2) is 24.3 Å². The summed E-state index contributed by atoms with van der Waals surface area (Å²) in [7, 11) is 0. The monoisotopic (exact) mass is 610 g/mol. The quantitative estimate of drug-likeness (QED) is 0.248. The molecule has 132 valence electrons. The molecule has 0 N–H and O–H groups in total. The average Bonchev–Trinajstić information content (AvgIpc) is 3.39. The van der Waals surface area contributed by atoms with Crippen molar-refractivity contribution in [2.75, 3.05) is 0 Å². The Labute approximate surface area is 188 Å². The zero-order valence-corrected chi connectivity index (χ0v) is 20.7. The van der Waals surface area contributed by atoms with E-state index in [1.807, 2.05) is 60.7 Å². The van der Waals surface area contributed by atoms with Gasteiger partial charge in [0.05, 0.1) is 0 Å². The minimum Gasteiger partial charge on any atom is -0.214 e. The third-order valence-corrected chi connectivity index (χ3v) is 18.3. The number of hydrogen-bond donors (Lipinski definition) is 0. The smallest absolute Gasteiger partial charge is 0.172 e. The minimum atomic E-state index is 0. The standard InChI is InChI=1S/C10H8Se3.2C5H5.2Fe/c1-2-6-9(5-1)11-13-12-10-7-3-4-8-10;2*1-2-4-5-3-1;;/h1-8H;2*1-5H;;/q-2;2*-1;2*+2. The van der Waals surface area contributed by atoms with Crippen molar-refractivity contribution in [1.29, 1.82) is 0 Å². The molecule has 0 saturated heterocycles. The van der Waals surface area contributed by atoms with Crippen molar-refractivity contribution in [2.24, 2.45) is 0 Å². The van der Waals surface area contributed by atoms with E-state index in [9.17, 15) is 0 Å². The fraction of sp³-hybridized carbons (Fsp3) is 0. The van der Waals surface area contributed by atoms with E-state index in [1.54, 1.807) is 8.92 Å². The van der Waals surface area contributed by atoms with E-state index in [4.69, 9.17) is 0 Å². The Morgan fingerprint density at radius 2 is 0.800 bits per heavy atom. The van der Waals surface area contributed by atoms with Gasteiger partial charge in [-0.15, -0.1) is 0 Å². The molecular formula is C20H18Fe2Se3. The van der Waals surface area contributed by atoms with Gasteiger partial charge in [-0.05, 0) is 0 Å². The van der Waals surface area contributed by atoms with Crippen molar-refractivity contribution in [3.8, 4) is 0 Å². The van der Waals surface area contributed by atoms with Gasteiger partial charge in [-0.1, -0.05) is 0 Å². The molecule has 25 heavy (non-hydrogen) atoms. The second-order valence-electron chi connectivity index (χ2n) is 4.40. The van der Waals surface area contributed by atoms with E-state index in [-0.39, 0.29) is 34.1 Å². The molecule has 0 unspecified atom stereocenters. The largest absolute Gasteiger partial charge is 0.214 e. The van der Waals surface area contributed by atoms with Crippen molar-refractivity contribution >= 4 is 46.5 Å². The molecule has 0 aliphatic carbocycles. The van der Waals surface area contributed by atoms with Crippen LogP contribution < -0.4 is 8.92 Å². The van der Waals surface area contributed by atoms with Crippen molar-refractivity contribution in [2.45, 2.75) is 0 Å². The zero-order chi connectivity index (χ0) is 16.0. The molecule has 5 heteroatoms. The van der Waals surface area contributed by atoms with Crippen molar-refractivity contribution in [1.82, 2.24) is 0 Å². The van der Waals surface area contributed by atoms with Crippen molar-refractivity contribution < 1.29 is 34.1 Å². The van der Waals surface area contributed by atoms with Crippen molar-refractivity contribution in [3.63, 3.8) is 0 Å². The fourth-order valence-electron chi connectivity index (χ4n) is 1.56. The summed E-state index contributed by atoms with van der Waals surface area (Å²) in [4.78, 5) is 0. The molecule has 0 nitrogen and oxygen atoms in total. The number of hydrogen-bond acceptors (Lipinski definition) is 0. The summed E-state index contributed by atoms with van der Waals surface area (Å²) >= 11 is 2.37. The second-order valence-corrected chi connectivity index (χ2v) is 20.2. The molecule has 0 aromatic heterocycles. The van der Waals surface area contributed by atoms with Gasteiger partial charge in [-0.2, -0.15) is 36.4 Å². The van der Waals surface area contributed by atoms with E-state index >= 15 is 0 Å². The molecule has 4 aromatic rings. The van der Waals surface area contributed by atoms with Crippen LogP contribution in [0.25, 0.3) is 0 Å². The molecule has 4 rings (SSSR count). The number of rotatable bonds is 4. The molecule has 0 heterocycles. The van der Waals surface area contributed by atoms with Gasteiger partial charge in [0, 0.05) is 0 Å². The third kappa shape index (κ3) is 12.9. The summed E-state index contributed by atoms with van der Waals surface area (Å²) in [6.45, 7) is 0. The van der Waals surface area contributed by atoms with Crippen LogP contribution in [0.15, 0.2) is 109 Å². The average molecular weight is 607 g/mol. The molecule has 4 aromatic carbocycles. The molecule has 0 amide bonds. The summed E-state index contributed by atoms with van der Waals surface area (Å²) in [6, 6.07) is 37.6. The normalized spacial score (nSPS) is 8.64. The Bertz CT molecular complexity index is 560. The third-order valence-electron chi connectivity index (χ3n) is 2.64. The van der Waals surface area contributed by atoms with Gasteiger partial charge in [0.2, 0.25) is 0 Å². The first-order valence-electron chi connectivity index (χ1n) is 7.23. The van der Waals surface area contributed by atoms with Crippen LogP contribution in [0.1, 0.15) is 0 Å². The summed E-state index contributed by atoms with van der Waals surface area (Å²) in [6.07, 6.45) is 0. The molecule has 0 aliphatic rings. The molecule has 0 atom stereocenters. The second kappa shape index (κ2) is 17.4. The van der Waals surface area contributed by atoms with Crippen LogP contribution in [-0.4, -0.2) is 37.6 Å². The van der Waals surface area contributed by atoms with Crippen LogP contribution in [0, 0.1) is 0 Å². The van der Waals surface area contributed by atoms with E-state index in [2.05, 4.69) is 48.5 Å². The summed E-state index contributed by atoms with van der Waals surface area (Å²) in [5.74, 6) is 0. The van der Waals surface area contributed by atoms with E-state index in [0.29, 0.717) is 0 Å². The van der Waals surface area contributed by atoms with Gasteiger partial charge in [0.1, 0.15) is 0 Å². The van der Waals surface area contributed by atoms with Crippen LogP contribution in [0.3, 0.4) is 0 Å². The molecule has 0 aliphatic heterocycles. The van der Waals surface area contributed by atoms with E-state index < -0.39 is 0 Å². The Hall–Kier alpha value is -0.00260. The molecule has 0 radical (unpaired) electrons. The van der Waals surface area contributed by atoms with E-state index in [0.717, 1.165) is 37.6 Å². The fourth-order valence-corrected chi connectivity index (χ4v) is 18.4. The zero-order valence-electron chi connectivity index (χ0n) is 13.3. The Morgan fingerprint density at radius 1 is 0.480 bits per heavy atom. The van der Waals surface area contributed by atoms with Crippen LogP contribution in [0.4, 0.5) is 0 Å². The maximum Gasteiger partial charge on any atom is -0.172 e. The Balaban J connectivity index is 0.000000400. The maximum absolute atomic E-state index is 2.25. The molecule has 0 bridgehead atoms. The van der Waals surface area contributed by atoms with Crippen LogP contribution in [-0.2, 0) is 34.1 Å². The summed E-state index contributed by atoms with van der Waals surface area (Å²) < 4.78 is 3.14. The summed E-state index contributed by atoms with van der Waals surface area (Å²) in [5, 5.41) is 0. The van der Waals surface area contributed by atoms with Crippen LogP contribution >= 0.6 is 0 Å². The van der Waals surface area contributed by atoms with Gasteiger partial charge in [0.15, 0.2) is 0 Å². The van der Waals surface area contributed by atoms with Gasteiger partial charge in [-0.3, -0.25) is 0 Å². The first-order chi connectivity index (χ1) is 11.4. The first kappa shape index (κ1) is 25.0. The van der Waals surface area contributed by atoms with Gasteiger partial charge in [0.25, 0.3) is 0 Å². The Morgan fingerprint density at radius 3 is 1.04 bits per heavy atom. The SMILES string of the molecule is [Fe+2].[Fe+2].c1cc[c-]([Se][Se][Se][c-]2cccc2)c1.c1cc[cH-]c1.c1cc[cH-]c1. The first-order valence-corrected chi connectivity index (χ1v) is 17.6. The topological polar surface area (TPSA) is 0 Å². The summed E-state index contributed by atoms with van der Waals surface area (Å²) in [5.41, 5.74) is 0. The minimum absolute atomic E-state index is 0. The molecule has 0 fully saturated rings. The molecule has 0 saturated carbocycles. The van der Waals surface area contributed by atoms with E-state index in [1.165, 1.54) is 0 Å². The molecule has 0 spiro atoms. The maximum atomic E-state index is 2.25. The predicted molar refractivity (Wildman–Crippen MR) is 105 cm³/mol. The van der Waals surface area contributed by atoms with Gasteiger partial charge < -0.3 is 0 Å². The molecular weight excluding hydrogens is 589 g/mol. The van der Waals surface area contributed by atoms with Crippen LogP contribution in [0.2, 0.25) is 0 Å². The van der Waals surface area contributed by atoms with Crippen molar-refractivity contribution in [3.05, 3.63) is 109 Å². The van der Waals surface area contributed by atoms with Gasteiger partial charge >= 0.3 is 129 Å². The Kier molecular flexibility index (Phi) is 17.4. The van der Waals surface area contributed by atoms with Crippen LogP contribution in [0.5, 0.6) is 0 Å². The predicted octanol–water partition coefficient (Wildman–Crippen LogP) is 2.82.